The molecule has 0 aliphatic carbocycles. The minimum atomic E-state index is -1.19. The van der Waals surface area contributed by atoms with E-state index in [0.29, 0.717) is 9.13 Å². The molecule has 9 aromatic carbocycles. The third kappa shape index (κ3) is 4.86. The Morgan fingerprint density at radius 1 is 0.228 bits per heavy atom. The number of rotatable bonds is 5. The van der Waals surface area contributed by atoms with Crippen molar-refractivity contribution in [2.45, 2.75) is 0 Å². The second kappa shape index (κ2) is 12.5. The molecule has 0 amide bonds. The molecule has 0 fully saturated rings. The van der Waals surface area contributed by atoms with Crippen molar-refractivity contribution in [1.82, 2.24) is 13.7 Å². The molecule has 0 aliphatic heterocycles. The molecule has 12 aromatic rings. The van der Waals surface area contributed by atoms with Crippen LogP contribution >= 0.6 is 0 Å². The largest absolute Gasteiger partial charge is 0.309 e. The van der Waals surface area contributed by atoms with Crippen LogP contribution in [0.25, 0.3) is 105 Å². The second-order valence-electron chi connectivity index (χ2n) is 12.3. The van der Waals surface area contributed by atoms with Gasteiger partial charge in [-0.3, -0.25) is 0 Å². The Kier molecular flexibility index (Phi) is 2.78. The first-order valence-electron chi connectivity index (χ1n) is 34.3. The van der Waals surface area contributed by atoms with Gasteiger partial charge in [-0.25, -0.2) is 0 Å². The first kappa shape index (κ1) is 12.7. The van der Waals surface area contributed by atoms with E-state index >= 15 is 0 Å². The number of hydrogen-bond donors (Lipinski definition) is 0. The highest BCUT2D eigenvalue weighted by atomic mass is 15.0. The average molecular weight is 761 g/mol. The summed E-state index contributed by atoms with van der Waals surface area (Å²) in [5.41, 5.74) is -10.8. The molecule has 12 rings (SSSR count). The van der Waals surface area contributed by atoms with Crippen LogP contribution in [0, 0.1) is 0 Å². The summed E-state index contributed by atoms with van der Waals surface area (Å²) in [4.78, 5) is 0. The summed E-state index contributed by atoms with van der Waals surface area (Å²) in [7, 11) is 0. The minimum absolute atomic E-state index is 0.531. The molecule has 57 heavy (non-hydrogen) atoms. The van der Waals surface area contributed by atoms with Gasteiger partial charge in [-0.2, -0.15) is 0 Å². The van der Waals surface area contributed by atoms with Gasteiger partial charge in [-0.15, -0.1) is 0 Å². The number of fused-ring (bicyclic) bond motifs is 9. The van der Waals surface area contributed by atoms with Gasteiger partial charge in [0.15, 0.2) is 0 Å². The molecule has 3 nitrogen and oxygen atoms in total. The normalized spacial score (nSPS) is 20.5. The fourth-order valence-electron chi connectivity index (χ4n) is 6.83. The van der Waals surface area contributed by atoms with E-state index in [1.165, 1.54) is 0 Å². The standard InChI is InChI=1S/C54H35N3/c1-2-13-36(14-3-1)37-25-27-38(28-26-37)39-15-12-16-40(33-39)55-52-24-11-7-20-46(52)48-34-41(30-32-53(48)55)57-51-23-10-6-19-45(51)47-31-29-42(35-54(47)57)56-49-21-8-4-17-43(49)44-18-5-9-22-50(44)56/h1-35H/i1D,2D,3D,4D,5D,6D,7D,8D,9D,10D,11D,12D,13D,14D,15D,16D,17D,18D,19D,20D,21D,22D,23D,24D,25D,26D,27D,28D,29D,30D,31D,32D,33D,34D,35D. The highest BCUT2D eigenvalue weighted by molar-refractivity contribution is 6.13. The molecule has 3 heteroatoms. The van der Waals surface area contributed by atoms with Crippen LogP contribution < -0.4 is 0 Å². The van der Waals surface area contributed by atoms with Gasteiger partial charge in [-0.1, -0.05) is 145 Å². The Balaban J connectivity index is 1.27. The van der Waals surface area contributed by atoms with E-state index in [2.05, 4.69) is 0 Å². The van der Waals surface area contributed by atoms with E-state index in [-0.39, 0.29) is 0 Å². The van der Waals surface area contributed by atoms with E-state index in [1.54, 1.807) is 0 Å². The van der Waals surface area contributed by atoms with E-state index in [0.717, 1.165) is 4.57 Å². The Morgan fingerprint density at radius 2 is 0.614 bits per heavy atom. The first-order chi connectivity index (χ1) is 42.9. The first-order valence-corrected chi connectivity index (χ1v) is 16.8. The number of nitrogens with zero attached hydrogens (tertiary/aromatic N) is 3. The molecule has 266 valence electrons. The van der Waals surface area contributed by atoms with Crippen molar-refractivity contribution in [3.63, 3.8) is 0 Å². The van der Waals surface area contributed by atoms with Crippen molar-refractivity contribution in [1.29, 1.82) is 0 Å². The maximum absolute atomic E-state index is 10.2. The molecule has 0 saturated carbocycles. The van der Waals surface area contributed by atoms with Gasteiger partial charge < -0.3 is 13.7 Å². The number of para-hydroxylation sites is 4. The van der Waals surface area contributed by atoms with Gasteiger partial charge in [0.1, 0.15) is 0 Å². The zero-order chi connectivity index (χ0) is 67.9. The second-order valence-corrected chi connectivity index (χ2v) is 12.3. The molecular formula is C54H35N3. The van der Waals surface area contributed by atoms with Gasteiger partial charge in [0.25, 0.3) is 0 Å². The smallest absolute Gasteiger partial charge is 0.0667 e. The number of aromatic nitrogens is 3. The average Bonchev–Trinajstić information content (AvgIpc) is 1.51. The number of hydrogen-bond acceptors (Lipinski definition) is 0. The van der Waals surface area contributed by atoms with Crippen molar-refractivity contribution in [2.75, 3.05) is 0 Å². The number of benzene rings is 9. The predicted molar refractivity (Wildman–Crippen MR) is 240 cm³/mol. The lowest BCUT2D eigenvalue weighted by atomic mass is 10.00. The highest BCUT2D eigenvalue weighted by Gasteiger charge is 2.19. The third-order valence-corrected chi connectivity index (χ3v) is 9.23. The van der Waals surface area contributed by atoms with E-state index in [9.17, 15) is 19.2 Å². The molecule has 3 heterocycles. The third-order valence-electron chi connectivity index (χ3n) is 9.23. The SMILES string of the molecule is [2H]c1c([2H])c([2H])c(-c2c([2H])c([2H])c(-c3c([2H])c([2H])c([2H])c(-n4c5c([2H])c([2H])c([2H])c([2H])c5c5c([2H])c(-n6c7c([2H])c([2H])c([2H])c([2H])c7c7c([2H])c([2H])c(-n8c9c([2H])c([2H])c([2H])c([2H])c9c9c([2H])c([2H])c([2H])c([2H])c98)c([2H])c76)c([2H])c([2H])c54)c3[2H])c([2H])c2[2H])c([2H])c1[2H]. The van der Waals surface area contributed by atoms with E-state index in [1.807, 2.05) is 0 Å². The Morgan fingerprint density at radius 3 is 1.21 bits per heavy atom. The van der Waals surface area contributed by atoms with Crippen LogP contribution in [0.3, 0.4) is 0 Å². The van der Waals surface area contributed by atoms with Crippen LogP contribution in [0.15, 0.2) is 211 Å². The molecule has 0 aliphatic rings. The van der Waals surface area contributed by atoms with Gasteiger partial charge in [0.2, 0.25) is 0 Å². The van der Waals surface area contributed by atoms with Crippen molar-refractivity contribution in [3.05, 3.63) is 211 Å². The van der Waals surface area contributed by atoms with Gasteiger partial charge in [-0.05, 0) is 88.7 Å². The lowest BCUT2D eigenvalue weighted by Gasteiger charge is -2.13. The summed E-state index contributed by atoms with van der Waals surface area (Å²) in [5.74, 6) is 0. The zero-order valence-corrected chi connectivity index (χ0v) is 28.3. The van der Waals surface area contributed by atoms with Crippen LogP contribution in [-0.2, 0) is 0 Å². The lowest BCUT2D eigenvalue weighted by Crippen LogP contribution is -1.97. The van der Waals surface area contributed by atoms with Gasteiger partial charge in [0.05, 0.1) is 81.1 Å². The summed E-state index contributed by atoms with van der Waals surface area (Å²) >= 11 is 0. The van der Waals surface area contributed by atoms with Crippen LogP contribution in [0.2, 0.25) is 0 Å². The van der Waals surface area contributed by atoms with Crippen molar-refractivity contribution in [3.8, 4) is 39.3 Å². The summed E-state index contributed by atoms with van der Waals surface area (Å²) < 4.78 is 321. The van der Waals surface area contributed by atoms with E-state index in [4.69, 9.17) is 28.8 Å². The topological polar surface area (TPSA) is 14.8 Å². The van der Waals surface area contributed by atoms with Crippen LogP contribution in [0.4, 0.5) is 0 Å². The molecule has 0 atom stereocenters. The van der Waals surface area contributed by atoms with Crippen molar-refractivity contribution < 1.29 is 48.0 Å². The molecule has 0 spiro atoms. The molecule has 0 saturated heterocycles. The fourth-order valence-corrected chi connectivity index (χ4v) is 6.83. The quantitative estimate of drug-likeness (QED) is 0.166. The summed E-state index contributed by atoms with van der Waals surface area (Å²) in [6.45, 7) is 0. The Bertz CT molecular complexity index is 5450. The molecule has 0 bridgehead atoms. The summed E-state index contributed by atoms with van der Waals surface area (Å²) in [6, 6.07) is -35.1. The lowest BCUT2D eigenvalue weighted by molar-refractivity contribution is 1.15. The van der Waals surface area contributed by atoms with Crippen molar-refractivity contribution in [2.24, 2.45) is 0 Å². The highest BCUT2D eigenvalue weighted by Crippen LogP contribution is 2.39. The molecule has 0 radical (unpaired) electrons. The Hall–Kier alpha value is -7.62. The van der Waals surface area contributed by atoms with Crippen LogP contribution in [0.5, 0.6) is 0 Å². The van der Waals surface area contributed by atoms with E-state index < -0.39 is 316 Å². The minimum Gasteiger partial charge on any atom is -0.309 e. The van der Waals surface area contributed by atoms with Crippen LogP contribution in [-0.4, -0.2) is 13.7 Å². The van der Waals surface area contributed by atoms with Crippen molar-refractivity contribution >= 4 is 65.4 Å². The van der Waals surface area contributed by atoms with Crippen LogP contribution in [0.1, 0.15) is 48.0 Å². The monoisotopic (exact) mass is 761 g/mol. The molecule has 0 unspecified atom stereocenters. The molecular weight excluding hydrogens is 691 g/mol. The van der Waals surface area contributed by atoms with Gasteiger partial charge >= 0.3 is 0 Å². The zero-order valence-electron chi connectivity index (χ0n) is 63.3. The fraction of sp³-hybridized carbons (Fsp3) is 0. The maximum Gasteiger partial charge on any atom is 0.0667 e. The molecule has 3 aromatic heterocycles. The van der Waals surface area contributed by atoms with Gasteiger partial charge in [0, 0.05) is 49.4 Å². The molecule has 0 N–H and O–H groups in total. The summed E-state index contributed by atoms with van der Waals surface area (Å²) in [6.07, 6.45) is 0. The maximum atomic E-state index is 10.2. The summed E-state index contributed by atoms with van der Waals surface area (Å²) in [5, 5.41) is -3.91. The Labute approximate surface area is 378 Å². The predicted octanol–water partition coefficient (Wildman–Crippen LogP) is 14.3.